The number of hydrogen-bond donors (Lipinski definition) is 1. The predicted octanol–water partition coefficient (Wildman–Crippen LogP) is 2.85. The van der Waals surface area contributed by atoms with Gasteiger partial charge in [-0.15, -0.1) is 0 Å². The highest BCUT2D eigenvalue weighted by Gasteiger charge is 2.36. The van der Waals surface area contributed by atoms with Crippen LogP contribution in [-0.4, -0.2) is 6.54 Å². The van der Waals surface area contributed by atoms with Gasteiger partial charge in [0.15, 0.2) is 0 Å². The molecular weight excluding hydrogens is 196 g/mol. The lowest BCUT2D eigenvalue weighted by atomic mass is 10.1. The van der Waals surface area contributed by atoms with E-state index < -0.39 is 11.6 Å². The molecule has 0 bridgehead atoms. The van der Waals surface area contributed by atoms with E-state index in [-0.39, 0.29) is 0 Å². The summed E-state index contributed by atoms with van der Waals surface area (Å²) in [6, 6.07) is 3.63. The van der Waals surface area contributed by atoms with Crippen LogP contribution in [0.3, 0.4) is 0 Å². The van der Waals surface area contributed by atoms with Gasteiger partial charge in [-0.1, -0.05) is 6.92 Å². The monoisotopic (exact) mass is 211 g/mol. The van der Waals surface area contributed by atoms with Crippen LogP contribution in [0.1, 0.15) is 25.3 Å². The molecule has 1 aromatic rings. The van der Waals surface area contributed by atoms with Crippen molar-refractivity contribution < 1.29 is 8.78 Å². The van der Waals surface area contributed by atoms with Crippen LogP contribution in [0.15, 0.2) is 18.2 Å². The van der Waals surface area contributed by atoms with E-state index in [0.717, 1.165) is 12.6 Å². The van der Waals surface area contributed by atoms with E-state index in [2.05, 4.69) is 12.2 Å². The smallest absolute Gasteiger partial charge is 0.126 e. The van der Waals surface area contributed by atoms with E-state index in [1.807, 2.05) is 0 Å². The Labute approximate surface area is 88.5 Å². The van der Waals surface area contributed by atoms with Crippen LogP contribution < -0.4 is 5.32 Å². The first-order valence-corrected chi connectivity index (χ1v) is 5.23. The van der Waals surface area contributed by atoms with Crippen molar-refractivity contribution in [1.82, 2.24) is 5.32 Å². The van der Waals surface area contributed by atoms with Gasteiger partial charge >= 0.3 is 0 Å². The molecule has 1 aromatic carbocycles. The van der Waals surface area contributed by atoms with Crippen LogP contribution in [0.4, 0.5) is 8.78 Å². The zero-order valence-corrected chi connectivity index (χ0v) is 8.82. The molecule has 1 aliphatic carbocycles. The summed E-state index contributed by atoms with van der Waals surface area (Å²) in [6.45, 7) is 3.67. The van der Waals surface area contributed by atoms with Crippen molar-refractivity contribution in [2.75, 3.05) is 6.54 Å². The second-order valence-corrected chi connectivity index (χ2v) is 4.69. The zero-order valence-electron chi connectivity index (χ0n) is 8.82. The lowest BCUT2D eigenvalue weighted by Gasteiger charge is -2.09. The van der Waals surface area contributed by atoms with E-state index in [1.165, 1.54) is 25.0 Å². The van der Waals surface area contributed by atoms with Gasteiger partial charge in [-0.05, 0) is 36.0 Å². The van der Waals surface area contributed by atoms with E-state index in [1.54, 1.807) is 0 Å². The lowest BCUT2D eigenvalue weighted by molar-refractivity contribution is 0.497. The molecule has 82 valence electrons. The average Bonchev–Trinajstić information content (AvgIpc) is 2.82. The van der Waals surface area contributed by atoms with Gasteiger partial charge in [0.05, 0.1) is 0 Å². The summed E-state index contributed by atoms with van der Waals surface area (Å²) in [7, 11) is 0. The summed E-state index contributed by atoms with van der Waals surface area (Å²) in [5.74, 6) is -1.02. The standard InChI is InChI=1S/C12H15F2N/c1-12(2-3-12)8-15-7-9-4-10(13)6-11(14)5-9/h4-6,15H,2-3,7-8H2,1H3. The second-order valence-electron chi connectivity index (χ2n) is 4.69. The Bertz CT molecular complexity index is 338. The topological polar surface area (TPSA) is 12.0 Å². The molecule has 2 rings (SSSR count). The Morgan fingerprint density at radius 1 is 1.20 bits per heavy atom. The Hall–Kier alpha value is -0.960. The summed E-state index contributed by atoms with van der Waals surface area (Å²) in [6.07, 6.45) is 2.50. The van der Waals surface area contributed by atoms with Crippen molar-refractivity contribution in [2.24, 2.45) is 5.41 Å². The first kappa shape index (κ1) is 10.6. The molecule has 1 aliphatic rings. The van der Waals surface area contributed by atoms with Crippen LogP contribution in [-0.2, 0) is 6.54 Å². The number of hydrogen-bond acceptors (Lipinski definition) is 1. The summed E-state index contributed by atoms with van der Waals surface area (Å²) >= 11 is 0. The maximum absolute atomic E-state index is 12.8. The molecule has 0 aromatic heterocycles. The molecule has 0 unspecified atom stereocenters. The third-order valence-electron chi connectivity index (χ3n) is 2.91. The number of benzene rings is 1. The normalized spacial score (nSPS) is 17.8. The summed E-state index contributed by atoms with van der Waals surface area (Å²) in [4.78, 5) is 0. The minimum Gasteiger partial charge on any atom is -0.312 e. The molecule has 0 aliphatic heterocycles. The van der Waals surface area contributed by atoms with E-state index in [0.29, 0.717) is 17.5 Å². The second kappa shape index (κ2) is 3.89. The SMILES string of the molecule is CC1(CNCc2cc(F)cc(F)c2)CC1. The molecule has 0 saturated heterocycles. The Morgan fingerprint density at radius 2 is 1.80 bits per heavy atom. The molecule has 1 nitrogen and oxygen atoms in total. The molecule has 0 heterocycles. The van der Waals surface area contributed by atoms with Gasteiger partial charge < -0.3 is 5.32 Å². The van der Waals surface area contributed by atoms with E-state index in [9.17, 15) is 8.78 Å². The Morgan fingerprint density at radius 3 is 2.33 bits per heavy atom. The van der Waals surface area contributed by atoms with E-state index in [4.69, 9.17) is 0 Å². The Balaban J connectivity index is 1.87. The predicted molar refractivity (Wildman–Crippen MR) is 55.4 cm³/mol. The first-order chi connectivity index (χ1) is 7.07. The van der Waals surface area contributed by atoms with Gasteiger partial charge in [0.25, 0.3) is 0 Å². The lowest BCUT2D eigenvalue weighted by Crippen LogP contribution is -2.21. The van der Waals surface area contributed by atoms with Gasteiger partial charge in [-0.25, -0.2) is 8.78 Å². The maximum atomic E-state index is 12.8. The zero-order chi connectivity index (χ0) is 10.9. The average molecular weight is 211 g/mol. The number of rotatable bonds is 4. The molecule has 0 amide bonds. The van der Waals surface area contributed by atoms with Crippen molar-refractivity contribution >= 4 is 0 Å². The molecule has 0 spiro atoms. The van der Waals surface area contributed by atoms with Crippen molar-refractivity contribution in [1.29, 1.82) is 0 Å². The molecule has 0 radical (unpaired) electrons. The number of halogens is 2. The van der Waals surface area contributed by atoms with Crippen molar-refractivity contribution in [2.45, 2.75) is 26.3 Å². The maximum Gasteiger partial charge on any atom is 0.126 e. The quantitative estimate of drug-likeness (QED) is 0.807. The highest BCUT2D eigenvalue weighted by Crippen LogP contribution is 2.44. The largest absolute Gasteiger partial charge is 0.312 e. The minimum absolute atomic E-state index is 0.422. The van der Waals surface area contributed by atoms with Gasteiger partial charge in [-0.3, -0.25) is 0 Å². The fourth-order valence-electron chi connectivity index (χ4n) is 1.61. The van der Waals surface area contributed by atoms with Crippen LogP contribution in [0.2, 0.25) is 0 Å². The molecule has 1 fully saturated rings. The third kappa shape index (κ3) is 2.99. The van der Waals surface area contributed by atoms with Gasteiger partial charge in [0.1, 0.15) is 11.6 Å². The summed E-state index contributed by atoms with van der Waals surface area (Å²) in [5.41, 5.74) is 1.09. The molecule has 0 atom stereocenters. The molecular formula is C12H15F2N. The third-order valence-corrected chi connectivity index (χ3v) is 2.91. The molecule has 3 heteroatoms. The minimum atomic E-state index is -0.510. The van der Waals surface area contributed by atoms with Gasteiger partial charge in [-0.2, -0.15) is 0 Å². The molecule has 1 saturated carbocycles. The Kier molecular flexibility index (Phi) is 2.74. The first-order valence-electron chi connectivity index (χ1n) is 5.23. The van der Waals surface area contributed by atoms with Crippen LogP contribution in [0.25, 0.3) is 0 Å². The van der Waals surface area contributed by atoms with Crippen LogP contribution in [0.5, 0.6) is 0 Å². The molecule has 1 N–H and O–H groups in total. The van der Waals surface area contributed by atoms with Gasteiger partial charge in [0.2, 0.25) is 0 Å². The fraction of sp³-hybridized carbons (Fsp3) is 0.500. The van der Waals surface area contributed by atoms with E-state index >= 15 is 0 Å². The van der Waals surface area contributed by atoms with Crippen LogP contribution in [0, 0.1) is 17.0 Å². The van der Waals surface area contributed by atoms with Gasteiger partial charge in [0, 0.05) is 19.2 Å². The highest BCUT2D eigenvalue weighted by atomic mass is 19.1. The van der Waals surface area contributed by atoms with Crippen molar-refractivity contribution in [3.63, 3.8) is 0 Å². The fourth-order valence-corrected chi connectivity index (χ4v) is 1.61. The van der Waals surface area contributed by atoms with Crippen LogP contribution >= 0.6 is 0 Å². The highest BCUT2D eigenvalue weighted by molar-refractivity contribution is 5.17. The molecule has 15 heavy (non-hydrogen) atoms. The summed E-state index contributed by atoms with van der Waals surface area (Å²) in [5, 5.41) is 3.23. The number of nitrogens with one attached hydrogen (secondary N) is 1. The summed E-state index contributed by atoms with van der Waals surface area (Å²) < 4.78 is 25.7. The van der Waals surface area contributed by atoms with Crippen molar-refractivity contribution in [3.05, 3.63) is 35.4 Å². The van der Waals surface area contributed by atoms with Crippen molar-refractivity contribution in [3.8, 4) is 0 Å².